The number of hydrogen-bond acceptors (Lipinski definition) is 2. The van der Waals surface area contributed by atoms with Crippen molar-refractivity contribution in [3.63, 3.8) is 0 Å². The third-order valence-corrected chi connectivity index (χ3v) is 5.13. The molecule has 3 rings (SSSR count). The normalized spacial score (nSPS) is 15.6. The maximum Gasteiger partial charge on any atom is 0.191 e. The lowest BCUT2D eigenvalue weighted by Crippen LogP contribution is -2.48. The SMILES string of the molecule is CCNC(=NCCc1ccccc1F)NC1CCN(Cc2ccccc2)CC1.I. The molecule has 6 heteroatoms. The standard InChI is InChI=1S/C23H31FN4.HI/c1-2-25-23(26-15-12-20-10-6-7-11-22(20)24)27-21-13-16-28(17-14-21)18-19-8-4-3-5-9-19;/h3-11,21H,2,12-18H2,1H3,(H2,25,26,27);1H. The number of guanidine groups is 1. The summed E-state index contributed by atoms with van der Waals surface area (Å²) < 4.78 is 13.7. The van der Waals surface area contributed by atoms with Crippen molar-refractivity contribution in [2.45, 2.75) is 38.8 Å². The fraction of sp³-hybridized carbons (Fsp3) is 0.435. The lowest BCUT2D eigenvalue weighted by atomic mass is 10.0. The molecular formula is C23H32FIN4. The van der Waals surface area contributed by atoms with E-state index in [1.807, 2.05) is 12.1 Å². The van der Waals surface area contributed by atoms with Crippen molar-refractivity contribution in [2.75, 3.05) is 26.2 Å². The predicted octanol–water partition coefficient (Wildman–Crippen LogP) is 4.21. The Bertz CT molecular complexity index is 746. The average Bonchev–Trinajstić information content (AvgIpc) is 2.72. The predicted molar refractivity (Wildman–Crippen MR) is 129 cm³/mol. The molecule has 0 atom stereocenters. The smallest absolute Gasteiger partial charge is 0.191 e. The van der Waals surface area contributed by atoms with Crippen LogP contribution in [0.3, 0.4) is 0 Å². The number of halogens is 2. The van der Waals surface area contributed by atoms with Crippen LogP contribution in [0.15, 0.2) is 59.6 Å². The van der Waals surface area contributed by atoms with Crippen LogP contribution in [0.5, 0.6) is 0 Å². The van der Waals surface area contributed by atoms with E-state index in [2.05, 4.69) is 57.8 Å². The molecule has 0 bridgehead atoms. The van der Waals surface area contributed by atoms with Crippen molar-refractivity contribution in [3.05, 3.63) is 71.5 Å². The second-order valence-corrected chi connectivity index (χ2v) is 7.28. The molecule has 1 saturated heterocycles. The van der Waals surface area contributed by atoms with Gasteiger partial charge in [-0.25, -0.2) is 4.39 Å². The van der Waals surface area contributed by atoms with E-state index in [0.717, 1.165) is 50.5 Å². The van der Waals surface area contributed by atoms with Gasteiger partial charge in [0.05, 0.1) is 0 Å². The number of nitrogens with one attached hydrogen (secondary N) is 2. The Labute approximate surface area is 191 Å². The molecule has 1 heterocycles. The van der Waals surface area contributed by atoms with Crippen LogP contribution in [0.1, 0.15) is 30.9 Å². The van der Waals surface area contributed by atoms with Gasteiger partial charge in [-0.1, -0.05) is 48.5 Å². The van der Waals surface area contributed by atoms with Gasteiger partial charge in [-0.2, -0.15) is 0 Å². The van der Waals surface area contributed by atoms with Gasteiger partial charge in [0.25, 0.3) is 0 Å². The second kappa shape index (κ2) is 12.8. The number of hydrogen-bond donors (Lipinski definition) is 2. The van der Waals surface area contributed by atoms with E-state index in [1.165, 1.54) is 11.6 Å². The van der Waals surface area contributed by atoms with Crippen molar-refractivity contribution in [1.29, 1.82) is 0 Å². The van der Waals surface area contributed by atoms with E-state index < -0.39 is 0 Å². The molecule has 1 aliphatic heterocycles. The van der Waals surface area contributed by atoms with E-state index >= 15 is 0 Å². The first-order valence-corrected chi connectivity index (χ1v) is 10.3. The van der Waals surface area contributed by atoms with Gasteiger partial charge in [0, 0.05) is 38.8 Å². The van der Waals surface area contributed by atoms with Gasteiger partial charge >= 0.3 is 0 Å². The first-order valence-electron chi connectivity index (χ1n) is 10.3. The van der Waals surface area contributed by atoms with Crippen LogP contribution in [0.25, 0.3) is 0 Å². The van der Waals surface area contributed by atoms with Crippen molar-refractivity contribution >= 4 is 29.9 Å². The van der Waals surface area contributed by atoms with Crippen LogP contribution < -0.4 is 10.6 Å². The van der Waals surface area contributed by atoms with Crippen molar-refractivity contribution in [2.24, 2.45) is 4.99 Å². The van der Waals surface area contributed by atoms with Crippen molar-refractivity contribution < 1.29 is 4.39 Å². The van der Waals surface area contributed by atoms with Crippen LogP contribution >= 0.6 is 24.0 Å². The zero-order valence-corrected chi connectivity index (χ0v) is 19.4. The van der Waals surface area contributed by atoms with E-state index in [9.17, 15) is 4.39 Å². The molecule has 0 aliphatic carbocycles. The van der Waals surface area contributed by atoms with Gasteiger partial charge in [0.1, 0.15) is 5.82 Å². The molecule has 4 nitrogen and oxygen atoms in total. The number of nitrogens with zero attached hydrogens (tertiary/aromatic N) is 2. The maximum atomic E-state index is 13.7. The Kier molecular flexibility index (Phi) is 10.4. The zero-order valence-electron chi connectivity index (χ0n) is 17.1. The minimum absolute atomic E-state index is 0. The highest BCUT2D eigenvalue weighted by molar-refractivity contribution is 14.0. The monoisotopic (exact) mass is 510 g/mol. The number of rotatable bonds is 7. The highest BCUT2D eigenvalue weighted by Crippen LogP contribution is 2.14. The summed E-state index contributed by atoms with van der Waals surface area (Å²) in [6.07, 6.45) is 2.81. The summed E-state index contributed by atoms with van der Waals surface area (Å²) in [5.41, 5.74) is 2.09. The Morgan fingerprint density at radius 2 is 1.76 bits per heavy atom. The second-order valence-electron chi connectivity index (χ2n) is 7.28. The van der Waals surface area contributed by atoms with Crippen LogP contribution in [-0.2, 0) is 13.0 Å². The molecule has 0 aromatic heterocycles. The Morgan fingerprint density at radius 1 is 1.07 bits per heavy atom. The number of aliphatic imine (C=N–C) groups is 1. The Hall–Kier alpha value is -1.67. The van der Waals surface area contributed by atoms with Gasteiger partial charge in [-0.3, -0.25) is 9.89 Å². The largest absolute Gasteiger partial charge is 0.357 e. The van der Waals surface area contributed by atoms with Crippen LogP contribution in [0, 0.1) is 5.82 Å². The van der Waals surface area contributed by atoms with E-state index in [0.29, 0.717) is 19.0 Å². The third kappa shape index (κ3) is 7.93. The molecular weight excluding hydrogens is 478 g/mol. The number of piperidine rings is 1. The fourth-order valence-corrected chi connectivity index (χ4v) is 3.58. The van der Waals surface area contributed by atoms with E-state index in [4.69, 9.17) is 0 Å². The highest BCUT2D eigenvalue weighted by Gasteiger charge is 2.20. The summed E-state index contributed by atoms with van der Waals surface area (Å²) in [5, 5.41) is 6.87. The van der Waals surface area contributed by atoms with Crippen molar-refractivity contribution in [3.8, 4) is 0 Å². The van der Waals surface area contributed by atoms with Gasteiger partial charge < -0.3 is 10.6 Å². The lowest BCUT2D eigenvalue weighted by Gasteiger charge is -2.33. The molecule has 0 spiro atoms. The molecule has 29 heavy (non-hydrogen) atoms. The maximum absolute atomic E-state index is 13.7. The highest BCUT2D eigenvalue weighted by atomic mass is 127. The molecule has 2 N–H and O–H groups in total. The molecule has 0 unspecified atom stereocenters. The zero-order chi connectivity index (χ0) is 19.6. The van der Waals surface area contributed by atoms with Gasteiger partial charge in [0.2, 0.25) is 0 Å². The molecule has 158 valence electrons. The summed E-state index contributed by atoms with van der Waals surface area (Å²) in [4.78, 5) is 7.15. The quantitative estimate of drug-likeness (QED) is 0.333. The van der Waals surface area contributed by atoms with Gasteiger partial charge in [-0.05, 0) is 43.4 Å². The van der Waals surface area contributed by atoms with Crippen LogP contribution in [-0.4, -0.2) is 43.1 Å². The molecule has 2 aromatic rings. The molecule has 0 amide bonds. The van der Waals surface area contributed by atoms with Crippen molar-refractivity contribution in [1.82, 2.24) is 15.5 Å². The minimum Gasteiger partial charge on any atom is -0.357 e. The topological polar surface area (TPSA) is 39.7 Å². The Morgan fingerprint density at radius 3 is 2.45 bits per heavy atom. The van der Waals surface area contributed by atoms with E-state index in [1.54, 1.807) is 6.07 Å². The summed E-state index contributed by atoms with van der Waals surface area (Å²) in [6.45, 7) is 6.64. The van der Waals surface area contributed by atoms with Crippen LogP contribution in [0.2, 0.25) is 0 Å². The van der Waals surface area contributed by atoms with Gasteiger partial charge in [-0.15, -0.1) is 24.0 Å². The number of likely N-dealkylation sites (tertiary alicyclic amines) is 1. The summed E-state index contributed by atoms with van der Waals surface area (Å²) in [7, 11) is 0. The summed E-state index contributed by atoms with van der Waals surface area (Å²) in [6, 6.07) is 18.0. The molecule has 0 radical (unpaired) electrons. The van der Waals surface area contributed by atoms with Crippen LogP contribution in [0.4, 0.5) is 4.39 Å². The van der Waals surface area contributed by atoms with Gasteiger partial charge in [0.15, 0.2) is 5.96 Å². The van der Waals surface area contributed by atoms with E-state index in [-0.39, 0.29) is 29.8 Å². The molecule has 1 aliphatic rings. The summed E-state index contributed by atoms with van der Waals surface area (Å²) >= 11 is 0. The first kappa shape index (κ1) is 23.6. The number of benzene rings is 2. The third-order valence-electron chi connectivity index (χ3n) is 5.13. The first-order chi connectivity index (χ1) is 13.7. The average molecular weight is 510 g/mol. The molecule has 2 aromatic carbocycles. The lowest BCUT2D eigenvalue weighted by molar-refractivity contribution is 0.198. The molecule has 0 saturated carbocycles. The Balaban J connectivity index is 0.00000300. The minimum atomic E-state index is -0.151. The fourth-order valence-electron chi connectivity index (χ4n) is 3.58. The molecule has 1 fully saturated rings. The summed E-state index contributed by atoms with van der Waals surface area (Å²) in [5.74, 6) is 0.682.